The van der Waals surface area contributed by atoms with E-state index < -0.39 is 0 Å². The smallest absolute Gasteiger partial charge is 0.294 e. The largest absolute Gasteiger partial charge is 0.352 e. The first kappa shape index (κ1) is 17.2. The number of thioether (sulfide) groups is 1. The number of amides is 3. The maximum absolute atomic E-state index is 12.4. The molecule has 0 radical (unpaired) electrons. The van der Waals surface area contributed by atoms with Crippen molar-refractivity contribution in [2.45, 2.75) is 44.6 Å². The van der Waals surface area contributed by atoms with Crippen molar-refractivity contribution in [3.63, 3.8) is 0 Å². The minimum Gasteiger partial charge on any atom is -0.352 e. The fourth-order valence-corrected chi connectivity index (χ4v) is 4.54. The van der Waals surface area contributed by atoms with Gasteiger partial charge in [0.05, 0.1) is 4.91 Å². The summed E-state index contributed by atoms with van der Waals surface area (Å²) < 4.78 is 0. The molecule has 2 aliphatic rings. The average Bonchev–Trinajstić information content (AvgIpc) is 3.05. The third-order valence-corrected chi connectivity index (χ3v) is 5.94. The molecule has 0 unspecified atom stereocenters. The van der Waals surface area contributed by atoms with Crippen molar-refractivity contribution >= 4 is 46.2 Å². The first-order valence-electron chi connectivity index (χ1n) is 8.22. The van der Waals surface area contributed by atoms with Crippen LogP contribution in [0.4, 0.5) is 4.79 Å². The van der Waals surface area contributed by atoms with Gasteiger partial charge in [0.25, 0.3) is 11.1 Å². The van der Waals surface area contributed by atoms with Crippen molar-refractivity contribution in [3.05, 3.63) is 27.3 Å². The molecule has 1 aliphatic heterocycles. The summed E-state index contributed by atoms with van der Waals surface area (Å²) in [6.07, 6.45) is 8.33. The van der Waals surface area contributed by atoms with Gasteiger partial charge in [0.1, 0.15) is 6.54 Å². The first-order valence-corrected chi connectivity index (χ1v) is 9.91. The summed E-state index contributed by atoms with van der Waals surface area (Å²) in [5.74, 6) is -0.629. The van der Waals surface area contributed by atoms with E-state index in [0.29, 0.717) is 4.91 Å². The third kappa shape index (κ3) is 4.27. The van der Waals surface area contributed by atoms with E-state index in [2.05, 4.69) is 5.32 Å². The van der Waals surface area contributed by atoms with E-state index in [0.717, 1.165) is 47.2 Å². The van der Waals surface area contributed by atoms with Crippen LogP contribution in [0.2, 0.25) is 0 Å². The topological polar surface area (TPSA) is 66.5 Å². The normalized spacial score (nSPS) is 21.3. The summed E-state index contributed by atoms with van der Waals surface area (Å²) in [6.45, 7) is -0.192. The molecular formula is C17H20N2O3S2. The molecule has 1 aliphatic carbocycles. The van der Waals surface area contributed by atoms with E-state index in [9.17, 15) is 14.4 Å². The second kappa shape index (κ2) is 7.98. The lowest BCUT2D eigenvalue weighted by Crippen LogP contribution is -2.43. The zero-order chi connectivity index (χ0) is 16.9. The Morgan fingerprint density at radius 2 is 2.00 bits per heavy atom. The second-order valence-corrected chi connectivity index (χ2v) is 8.01. The minimum absolute atomic E-state index is 0.168. The fourth-order valence-electron chi connectivity index (χ4n) is 2.98. The maximum atomic E-state index is 12.4. The summed E-state index contributed by atoms with van der Waals surface area (Å²) in [5, 5.41) is 4.51. The summed E-state index contributed by atoms with van der Waals surface area (Å²) in [6, 6.07) is 3.94. The van der Waals surface area contributed by atoms with E-state index in [1.54, 1.807) is 6.08 Å². The molecule has 0 spiro atoms. The maximum Gasteiger partial charge on any atom is 0.294 e. The average molecular weight is 364 g/mol. The van der Waals surface area contributed by atoms with Gasteiger partial charge in [-0.05, 0) is 42.1 Å². The molecule has 7 heteroatoms. The molecule has 128 valence electrons. The molecule has 5 nitrogen and oxygen atoms in total. The molecule has 0 atom stereocenters. The number of hydrogen-bond donors (Lipinski definition) is 1. The van der Waals surface area contributed by atoms with E-state index >= 15 is 0 Å². The molecule has 0 aromatic carbocycles. The number of thiophene rings is 1. The number of imide groups is 1. The Kier molecular flexibility index (Phi) is 5.73. The Labute approximate surface area is 149 Å². The van der Waals surface area contributed by atoms with E-state index in [1.165, 1.54) is 24.2 Å². The number of hydrogen-bond acceptors (Lipinski definition) is 5. The van der Waals surface area contributed by atoms with E-state index in [4.69, 9.17) is 0 Å². The van der Waals surface area contributed by atoms with Gasteiger partial charge in [-0.25, -0.2) is 0 Å². The highest BCUT2D eigenvalue weighted by atomic mass is 32.2. The number of nitrogens with one attached hydrogen (secondary N) is 1. The minimum atomic E-state index is -0.380. The lowest BCUT2D eigenvalue weighted by molar-refractivity contribution is -0.129. The Bertz CT molecular complexity index is 647. The van der Waals surface area contributed by atoms with Crippen molar-refractivity contribution in [2.24, 2.45) is 0 Å². The molecule has 1 N–H and O–H groups in total. The summed E-state index contributed by atoms with van der Waals surface area (Å²) in [5.41, 5.74) is 0. The van der Waals surface area contributed by atoms with Crippen molar-refractivity contribution in [1.29, 1.82) is 0 Å². The van der Waals surface area contributed by atoms with Gasteiger partial charge in [0.2, 0.25) is 5.91 Å². The van der Waals surface area contributed by atoms with Crippen LogP contribution in [0.5, 0.6) is 0 Å². The molecule has 2 heterocycles. The summed E-state index contributed by atoms with van der Waals surface area (Å²) in [4.78, 5) is 39.0. The van der Waals surface area contributed by atoms with Crippen LogP contribution in [-0.4, -0.2) is 34.5 Å². The SMILES string of the molecule is O=C(CN1C(=O)S/C(=C/c2cccs2)C1=O)NC1CCCCCC1. The van der Waals surface area contributed by atoms with Gasteiger partial charge in [0.15, 0.2) is 0 Å². The van der Waals surface area contributed by atoms with Crippen molar-refractivity contribution in [1.82, 2.24) is 10.2 Å². The number of rotatable bonds is 4. The summed E-state index contributed by atoms with van der Waals surface area (Å²) in [7, 11) is 0. The van der Waals surface area contributed by atoms with Crippen LogP contribution in [0.1, 0.15) is 43.4 Å². The Balaban J connectivity index is 1.59. The predicted molar refractivity (Wildman–Crippen MR) is 96.6 cm³/mol. The lowest BCUT2D eigenvalue weighted by Gasteiger charge is -2.18. The molecular weight excluding hydrogens is 344 g/mol. The number of carbonyl (C=O) groups excluding carboxylic acids is 3. The Hall–Kier alpha value is -1.60. The van der Waals surface area contributed by atoms with Gasteiger partial charge in [-0.2, -0.15) is 0 Å². The molecule has 3 amide bonds. The molecule has 3 rings (SSSR count). The zero-order valence-electron chi connectivity index (χ0n) is 13.3. The monoisotopic (exact) mass is 364 g/mol. The molecule has 1 saturated carbocycles. The predicted octanol–water partition coefficient (Wildman–Crippen LogP) is 3.62. The standard InChI is InChI=1S/C17H20N2O3S2/c20-15(18-12-6-3-1-2-4-7-12)11-19-16(21)14(24-17(19)22)10-13-8-5-9-23-13/h5,8-10,12H,1-4,6-7,11H2,(H,18,20)/b14-10+. The molecule has 24 heavy (non-hydrogen) atoms. The van der Waals surface area contributed by atoms with Crippen molar-refractivity contribution in [2.75, 3.05) is 6.54 Å². The highest BCUT2D eigenvalue weighted by Gasteiger charge is 2.36. The second-order valence-electron chi connectivity index (χ2n) is 6.04. The first-order chi connectivity index (χ1) is 11.6. The van der Waals surface area contributed by atoms with Gasteiger partial charge >= 0.3 is 0 Å². The molecule has 1 aromatic rings. The number of carbonyl (C=O) groups is 3. The molecule has 1 saturated heterocycles. The van der Waals surface area contributed by atoms with Crippen LogP contribution >= 0.6 is 23.1 Å². The van der Waals surface area contributed by atoms with Crippen LogP contribution in [-0.2, 0) is 9.59 Å². The van der Waals surface area contributed by atoms with Crippen LogP contribution < -0.4 is 5.32 Å². The van der Waals surface area contributed by atoms with E-state index in [-0.39, 0.29) is 29.6 Å². The quantitative estimate of drug-likeness (QED) is 0.654. The molecule has 0 bridgehead atoms. The van der Waals surface area contributed by atoms with Crippen LogP contribution in [0.25, 0.3) is 6.08 Å². The van der Waals surface area contributed by atoms with Gasteiger partial charge in [-0.15, -0.1) is 11.3 Å². The van der Waals surface area contributed by atoms with Gasteiger partial charge in [-0.3, -0.25) is 19.3 Å². The highest BCUT2D eigenvalue weighted by Crippen LogP contribution is 2.32. The van der Waals surface area contributed by atoms with Gasteiger partial charge < -0.3 is 5.32 Å². The third-order valence-electron chi connectivity index (χ3n) is 4.21. The fraction of sp³-hybridized carbons (Fsp3) is 0.471. The molecule has 2 fully saturated rings. The van der Waals surface area contributed by atoms with Crippen LogP contribution in [0, 0.1) is 0 Å². The highest BCUT2D eigenvalue weighted by molar-refractivity contribution is 8.18. The lowest BCUT2D eigenvalue weighted by atomic mass is 10.1. The van der Waals surface area contributed by atoms with Gasteiger partial charge in [0, 0.05) is 10.9 Å². The van der Waals surface area contributed by atoms with Crippen molar-refractivity contribution < 1.29 is 14.4 Å². The Morgan fingerprint density at radius 3 is 2.67 bits per heavy atom. The molecule has 1 aromatic heterocycles. The Morgan fingerprint density at radius 1 is 1.25 bits per heavy atom. The van der Waals surface area contributed by atoms with Crippen molar-refractivity contribution in [3.8, 4) is 0 Å². The van der Waals surface area contributed by atoms with Crippen LogP contribution in [0.3, 0.4) is 0 Å². The van der Waals surface area contributed by atoms with E-state index in [1.807, 2.05) is 17.5 Å². The summed E-state index contributed by atoms with van der Waals surface area (Å²) >= 11 is 2.40. The number of nitrogens with zero attached hydrogens (tertiary/aromatic N) is 1. The van der Waals surface area contributed by atoms with Crippen LogP contribution in [0.15, 0.2) is 22.4 Å². The van der Waals surface area contributed by atoms with Gasteiger partial charge in [-0.1, -0.05) is 31.7 Å². The zero-order valence-corrected chi connectivity index (χ0v) is 15.0.